The molecular weight excluding hydrogens is 454 g/mol. The third kappa shape index (κ3) is 5.26. The average Bonchev–Trinajstić information content (AvgIpc) is 2.89. The summed E-state index contributed by atoms with van der Waals surface area (Å²) in [6.45, 7) is 2.01. The summed E-state index contributed by atoms with van der Waals surface area (Å²) in [6, 6.07) is 13.4. The molecule has 0 spiro atoms. The first-order valence-electron chi connectivity index (χ1n) is 11.7. The molecule has 2 aliphatic rings. The van der Waals surface area contributed by atoms with Gasteiger partial charge in [-0.15, -0.1) is 0 Å². The van der Waals surface area contributed by atoms with Crippen molar-refractivity contribution in [3.05, 3.63) is 54.1 Å². The number of nitrogens with zero attached hydrogens (tertiary/aromatic N) is 2. The quantitative estimate of drug-likeness (QED) is 0.677. The van der Waals surface area contributed by atoms with Gasteiger partial charge in [-0.25, -0.2) is 8.42 Å². The molecule has 0 atom stereocenters. The van der Waals surface area contributed by atoms with Crippen LogP contribution in [0.2, 0.25) is 0 Å². The molecule has 1 N–H and O–H groups in total. The number of hydrogen-bond donors (Lipinski definition) is 1. The van der Waals surface area contributed by atoms with Crippen molar-refractivity contribution < 1.29 is 22.7 Å². The van der Waals surface area contributed by atoms with Gasteiger partial charge in [0.05, 0.1) is 23.3 Å². The molecule has 2 aromatic carbocycles. The van der Waals surface area contributed by atoms with E-state index in [0.717, 1.165) is 32.4 Å². The minimum absolute atomic E-state index is 0.0593. The topological polar surface area (TPSA) is 96.0 Å². The number of sulfonamides is 1. The summed E-state index contributed by atoms with van der Waals surface area (Å²) in [5.41, 5.74) is 1.01. The summed E-state index contributed by atoms with van der Waals surface area (Å²) < 4.78 is 32.5. The zero-order valence-corrected chi connectivity index (χ0v) is 20.2. The Morgan fingerprint density at radius 1 is 0.912 bits per heavy atom. The number of likely N-dealkylation sites (tertiary alicyclic amines) is 1. The number of carbonyl (C=O) groups excluding carboxylic acids is 2. The van der Waals surface area contributed by atoms with Crippen molar-refractivity contribution in [1.82, 2.24) is 9.21 Å². The van der Waals surface area contributed by atoms with Crippen molar-refractivity contribution >= 4 is 27.5 Å². The van der Waals surface area contributed by atoms with Gasteiger partial charge < -0.3 is 15.0 Å². The van der Waals surface area contributed by atoms with Crippen LogP contribution in [0.4, 0.5) is 5.69 Å². The maximum atomic E-state index is 13.0. The summed E-state index contributed by atoms with van der Waals surface area (Å²) in [4.78, 5) is 28.1. The Bertz CT molecular complexity index is 1120. The molecule has 2 fully saturated rings. The van der Waals surface area contributed by atoms with Gasteiger partial charge >= 0.3 is 0 Å². The maximum Gasteiger partial charge on any atom is 0.255 e. The number of benzene rings is 2. The normalized spacial score (nSPS) is 17.9. The van der Waals surface area contributed by atoms with Gasteiger partial charge in [-0.3, -0.25) is 9.59 Å². The lowest BCUT2D eigenvalue weighted by Gasteiger charge is -2.31. The van der Waals surface area contributed by atoms with Crippen molar-refractivity contribution in [2.75, 3.05) is 38.6 Å². The molecule has 0 radical (unpaired) electrons. The molecule has 0 aliphatic carbocycles. The highest BCUT2D eigenvalue weighted by molar-refractivity contribution is 7.89. The molecule has 182 valence electrons. The number of ether oxygens (including phenoxy) is 1. The van der Waals surface area contributed by atoms with Crippen LogP contribution >= 0.6 is 0 Å². The van der Waals surface area contributed by atoms with E-state index in [1.54, 1.807) is 36.4 Å². The highest BCUT2D eigenvalue weighted by atomic mass is 32.2. The lowest BCUT2D eigenvalue weighted by molar-refractivity contribution is -0.120. The number of methoxy groups -OCH3 is 1. The van der Waals surface area contributed by atoms with Crippen molar-refractivity contribution in [3.63, 3.8) is 0 Å². The Labute approximate surface area is 200 Å². The van der Waals surface area contributed by atoms with E-state index in [0.29, 0.717) is 29.8 Å². The van der Waals surface area contributed by atoms with Crippen LogP contribution in [0.25, 0.3) is 0 Å². The van der Waals surface area contributed by atoms with Gasteiger partial charge in [-0.1, -0.05) is 12.1 Å². The zero-order valence-electron chi connectivity index (χ0n) is 19.4. The molecule has 0 unspecified atom stereocenters. The van der Waals surface area contributed by atoms with Crippen molar-refractivity contribution in [2.24, 2.45) is 5.92 Å². The molecule has 8 nitrogen and oxygen atoms in total. The summed E-state index contributed by atoms with van der Waals surface area (Å²) in [5, 5.41) is 2.93. The smallest absolute Gasteiger partial charge is 0.255 e. The van der Waals surface area contributed by atoms with E-state index in [-0.39, 0.29) is 35.7 Å². The van der Waals surface area contributed by atoms with Gasteiger partial charge in [0.2, 0.25) is 15.9 Å². The van der Waals surface area contributed by atoms with Crippen LogP contribution in [0.15, 0.2) is 53.4 Å². The second-order valence-electron chi connectivity index (χ2n) is 8.74. The molecular formula is C25H31N3O5S. The first-order valence-corrected chi connectivity index (χ1v) is 13.2. The molecule has 0 saturated carbocycles. The first-order chi connectivity index (χ1) is 16.4. The van der Waals surface area contributed by atoms with Crippen LogP contribution in [-0.4, -0.2) is 62.7 Å². The fraction of sp³-hybridized carbons (Fsp3) is 0.440. The number of para-hydroxylation sites is 1. The molecule has 2 heterocycles. The number of rotatable bonds is 6. The maximum absolute atomic E-state index is 13.0. The summed E-state index contributed by atoms with van der Waals surface area (Å²) in [7, 11) is -2.10. The predicted molar refractivity (Wildman–Crippen MR) is 129 cm³/mol. The third-order valence-corrected chi connectivity index (χ3v) is 8.49. The fourth-order valence-electron chi connectivity index (χ4n) is 4.54. The Hall–Kier alpha value is -2.91. The van der Waals surface area contributed by atoms with Crippen LogP contribution in [0.5, 0.6) is 5.75 Å². The van der Waals surface area contributed by atoms with E-state index >= 15 is 0 Å². The monoisotopic (exact) mass is 485 g/mol. The van der Waals surface area contributed by atoms with Crippen LogP contribution in [-0.2, 0) is 14.8 Å². The number of anilines is 1. The lowest BCUT2D eigenvalue weighted by Crippen LogP contribution is -2.41. The Kier molecular flexibility index (Phi) is 7.53. The number of piperidine rings is 2. The Morgan fingerprint density at radius 3 is 2.21 bits per heavy atom. The molecule has 2 amide bonds. The lowest BCUT2D eigenvalue weighted by atomic mass is 9.97. The van der Waals surface area contributed by atoms with Gasteiger partial charge in [0.25, 0.3) is 5.91 Å². The minimum atomic E-state index is -3.63. The standard InChI is InChI=1S/C25H31N3O5S/c1-33-20-9-11-21(12-10-20)34(31,32)28-17-13-19(14-18-28)24(29)26-23-8-4-3-7-22(23)25(30)27-15-5-2-6-16-27/h3-4,7-12,19H,2,5-6,13-18H2,1H3,(H,26,29). The second-order valence-corrected chi connectivity index (χ2v) is 10.7. The summed E-state index contributed by atoms with van der Waals surface area (Å²) >= 11 is 0. The van der Waals surface area contributed by atoms with Crippen LogP contribution < -0.4 is 10.1 Å². The van der Waals surface area contributed by atoms with Crippen molar-refractivity contribution in [3.8, 4) is 5.75 Å². The highest BCUT2D eigenvalue weighted by Gasteiger charge is 2.32. The number of carbonyl (C=O) groups is 2. The van der Waals surface area contributed by atoms with Crippen molar-refractivity contribution in [2.45, 2.75) is 37.0 Å². The molecule has 2 saturated heterocycles. The van der Waals surface area contributed by atoms with Crippen LogP contribution in [0, 0.1) is 5.92 Å². The SMILES string of the molecule is COc1ccc(S(=O)(=O)N2CCC(C(=O)Nc3ccccc3C(=O)N3CCCCC3)CC2)cc1. The van der Waals surface area contributed by atoms with Gasteiger partial charge in [-0.2, -0.15) is 4.31 Å². The van der Waals surface area contributed by atoms with E-state index in [1.165, 1.54) is 23.5 Å². The summed E-state index contributed by atoms with van der Waals surface area (Å²) in [6.07, 6.45) is 3.97. The molecule has 9 heteroatoms. The summed E-state index contributed by atoms with van der Waals surface area (Å²) in [5.74, 6) is 0.0326. The van der Waals surface area contributed by atoms with E-state index in [1.807, 2.05) is 4.90 Å². The zero-order chi connectivity index (χ0) is 24.1. The molecule has 2 aromatic rings. The van der Waals surface area contributed by atoms with Gasteiger partial charge in [-0.05, 0) is 68.5 Å². The third-order valence-electron chi connectivity index (χ3n) is 6.58. The molecule has 2 aliphatic heterocycles. The van der Waals surface area contributed by atoms with E-state index in [9.17, 15) is 18.0 Å². The van der Waals surface area contributed by atoms with Crippen LogP contribution in [0.3, 0.4) is 0 Å². The molecule has 0 aromatic heterocycles. The highest BCUT2D eigenvalue weighted by Crippen LogP contribution is 2.27. The van der Waals surface area contributed by atoms with E-state index < -0.39 is 10.0 Å². The number of hydrogen-bond acceptors (Lipinski definition) is 5. The first kappa shape index (κ1) is 24.2. The van der Waals surface area contributed by atoms with Gasteiger partial charge in [0.1, 0.15) is 5.75 Å². The van der Waals surface area contributed by atoms with Gasteiger partial charge in [0.15, 0.2) is 0 Å². The van der Waals surface area contributed by atoms with E-state index in [2.05, 4.69) is 5.32 Å². The average molecular weight is 486 g/mol. The fourth-order valence-corrected chi connectivity index (χ4v) is 6.01. The Morgan fingerprint density at radius 2 is 1.56 bits per heavy atom. The second kappa shape index (κ2) is 10.6. The van der Waals surface area contributed by atoms with Gasteiger partial charge in [0, 0.05) is 32.1 Å². The Balaban J connectivity index is 1.38. The van der Waals surface area contributed by atoms with Crippen molar-refractivity contribution in [1.29, 1.82) is 0 Å². The number of amides is 2. The van der Waals surface area contributed by atoms with E-state index in [4.69, 9.17) is 4.74 Å². The molecule has 4 rings (SSSR count). The minimum Gasteiger partial charge on any atom is -0.497 e. The molecule has 0 bridgehead atoms. The van der Waals surface area contributed by atoms with Crippen LogP contribution in [0.1, 0.15) is 42.5 Å². The number of nitrogens with one attached hydrogen (secondary N) is 1. The predicted octanol–water partition coefficient (Wildman–Crippen LogP) is 3.36. The molecule has 34 heavy (non-hydrogen) atoms. The largest absolute Gasteiger partial charge is 0.497 e.